The molecule has 1 heterocycles. The summed E-state index contributed by atoms with van der Waals surface area (Å²) in [6.45, 7) is 4.61. The molecule has 1 N–H and O–H groups in total. The third kappa shape index (κ3) is 5.36. The third-order valence-electron chi connectivity index (χ3n) is 5.44. The number of amides is 2. The first-order valence-electron chi connectivity index (χ1n) is 9.65. The summed E-state index contributed by atoms with van der Waals surface area (Å²) in [6.07, 6.45) is 7.13. The predicted molar refractivity (Wildman–Crippen MR) is 100 cm³/mol. The molecule has 1 aromatic rings. The highest BCUT2D eigenvalue weighted by Crippen LogP contribution is 2.18. The second kappa shape index (κ2) is 9.09. The van der Waals surface area contributed by atoms with Gasteiger partial charge in [0.2, 0.25) is 0 Å². The topological polar surface area (TPSA) is 44.8 Å². The molecule has 0 unspecified atom stereocenters. The Hall–Kier alpha value is -1.75. The Morgan fingerprint density at radius 3 is 2.64 bits per heavy atom. The van der Waals surface area contributed by atoms with E-state index in [1.54, 1.807) is 7.11 Å². The summed E-state index contributed by atoms with van der Waals surface area (Å²) in [6, 6.07) is 8.81. The minimum absolute atomic E-state index is 0.138. The van der Waals surface area contributed by atoms with Gasteiger partial charge in [-0.1, -0.05) is 31.4 Å². The second-order valence-electron chi connectivity index (χ2n) is 7.21. The van der Waals surface area contributed by atoms with E-state index < -0.39 is 0 Å². The van der Waals surface area contributed by atoms with Gasteiger partial charge in [0.25, 0.3) is 0 Å². The summed E-state index contributed by atoms with van der Waals surface area (Å²) in [5.41, 5.74) is 1.30. The monoisotopic (exact) mass is 345 g/mol. The van der Waals surface area contributed by atoms with Crippen molar-refractivity contribution in [3.8, 4) is 5.75 Å². The van der Waals surface area contributed by atoms with E-state index in [9.17, 15) is 4.79 Å². The van der Waals surface area contributed by atoms with Gasteiger partial charge in [-0.2, -0.15) is 0 Å². The highest BCUT2D eigenvalue weighted by Gasteiger charge is 2.23. The van der Waals surface area contributed by atoms with Crippen LogP contribution in [0, 0.1) is 0 Å². The smallest absolute Gasteiger partial charge is 0.317 e. The Morgan fingerprint density at radius 2 is 1.92 bits per heavy atom. The van der Waals surface area contributed by atoms with E-state index in [4.69, 9.17) is 4.74 Å². The number of urea groups is 1. The number of methoxy groups -OCH3 is 1. The van der Waals surface area contributed by atoms with Gasteiger partial charge in [0.15, 0.2) is 0 Å². The maximum absolute atomic E-state index is 12.4. The molecule has 1 aromatic carbocycles. The highest BCUT2D eigenvalue weighted by atomic mass is 16.5. The van der Waals surface area contributed by atoms with Crippen molar-refractivity contribution in [2.45, 2.75) is 44.6 Å². The van der Waals surface area contributed by atoms with Crippen LogP contribution in [-0.2, 0) is 6.42 Å². The van der Waals surface area contributed by atoms with Crippen LogP contribution in [0.2, 0.25) is 0 Å². The molecule has 25 heavy (non-hydrogen) atoms. The van der Waals surface area contributed by atoms with Crippen LogP contribution < -0.4 is 10.1 Å². The normalized spacial score (nSPS) is 19.6. The fourth-order valence-electron chi connectivity index (χ4n) is 3.80. The van der Waals surface area contributed by atoms with Gasteiger partial charge in [0.05, 0.1) is 7.11 Å². The van der Waals surface area contributed by atoms with E-state index in [2.05, 4.69) is 22.3 Å². The standard InChI is InChI=1S/C20H31N3O2/c1-25-19-9-5-6-17(16-19)10-11-22-12-14-23(15-13-22)20(24)21-18-7-3-2-4-8-18/h5-6,9,16,18H,2-4,7-8,10-15H2,1H3,(H,21,24). The molecule has 1 saturated heterocycles. The van der Waals surface area contributed by atoms with E-state index in [1.807, 2.05) is 17.0 Å². The average Bonchev–Trinajstić information content (AvgIpc) is 2.67. The molecule has 0 radical (unpaired) electrons. The Morgan fingerprint density at radius 1 is 1.16 bits per heavy atom. The van der Waals surface area contributed by atoms with Gasteiger partial charge in [-0.25, -0.2) is 4.79 Å². The number of piperazine rings is 1. The highest BCUT2D eigenvalue weighted by molar-refractivity contribution is 5.74. The minimum atomic E-state index is 0.138. The lowest BCUT2D eigenvalue weighted by Crippen LogP contribution is -2.53. The predicted octanol–water partition coefficient (Wildman–Crippen LogP) is 2.90. The number of rotatable bonds is 5. The molecule has 2 aliphatic rings. The number of ether oxygens (including phenoxy) is 1. The van der Waals surface area contributed by atoms with Crippen LogP contribution >= 0.6 is 0 Å². The summed E-state index contributed by atoms with van der Waals surface area (Å²) in [5, 5.41) is 3.23. The van der Waals surface area contributed by atoms with Gasteiger partial charge in [-0.15, -0.1) is 0 Å². The van der Waals surface area contributed by atoms with Crippen molar-refractivity contribution in [1.29, 1.82) is 0 Å². The molecule has 1 aliphatic heterocycles. The third-order valence-corrected chi connectivity index (χ3v) is 5.44. The van der Waals surface area contributed by atoms with E-state index in [-0.39, 0.29) is 6.03 Å². The first-order chi connectivity index (χ1) is 12.2. The molecule has 2 fully saturated rings. The van der Waals surface area contributed by atoms with Crippen molar-refractivity contribution in [1.82, 2.24) is 15.1 Å². The molecule has 0 bridgehead atoms. The Bertz CT molecular complexity index is 550. The molecule has 138 valence electrons. The number of nitrogens with one attached hydrogen (secondary N) is 1. The second-order valence-corrected chi connectivity index (χ2v) is 7.21. The lowest BCUT2D eigenvalue weighted by Gasteiger charge is -2.36. The Labute approximate surface area is 151 Å². The summed E-state index contributed by atoms with van der Waals surface area (Å²) in [7, 11) is 1.71. The summed E-state index contributed by atoms with van der Waals surface area (Å²) >= 11 is 0. The molecular formula is C20H31N3O2. The van der Waals surface area contributed by atoms with Crippen molar-refractivity contribution < 1.29 is 9.53 Å². The van der Waals surface area contributed by atoms with E-state index >= 15 is 0 Å². The van der Waals surface area contributed by atoms with Crippen molar-refractivity contribution in [2.24, 2.45) is 0 Å². The maximum Gasteiger partial charge on any atom is 0.317 e. The number of hydrogen-bond acceptors (Lipinski definition) is 3. The average molecular weight is 345 g/mol. The summed E-state index contributed by atoms with van der Waals surface area (Å²) in [5.74, 6) is 0.918. The molecule has 5 nitrogen and oxygen atoms in total. The number of benzene rings is 1. The van der Waals surface area contributed by atoms with Crippen molar-refractivity contribution in [3.63, 3.8) is 0 Å². The Balaban J connectivity index is 1.38. The van der Waals surface area contributed by atoms with Gasteiger partial charge < -0.3 is 15.0 Å². The molecule has 5 heteroatoms. The summed E-state index contributed by atoms with van der Waals surface area (Å²) in [4.78, 5) is 16.8. The van der Waals surface area contributed by atoms with Crippen molar-refractivity contribution >= 4 is 6.03 Å². The fourth-order valence-corrected chi connectivity index (χ4v) is 3.80. The van der Waals surface area contributed by atoms with Gasteiger partial charge in [0.1, 0.15) is 5.75 Å². The fraction of sp³-hybridized carbons (Fsp3) is 0.650. The first-order valence-corrected chi connectivity index (χ1v) is 9.65. The number of hydrogen-bond donors (Lipinski definition) is 1. The molecule has 0 atom stereocenters. The van der Waals surface area contributed by atoms with Crippen LogP contribution in [0.25, 0.3) is 0 Å². The SMILES string of the molecule is COc1cccc(CCN2CCN(C(=O)NC3CCCCC3)CC2)c1. The van der Waals surface area contributed by atoms with Gasteiger partial charge in [-0.05, 0) is 37.0 Å². The van der Waals surface area contributed by atoms with E-state index in [0.29, 0.717) is 6.04 Å². The van der Waals surface area contributed by atoms with Crippen LogP contribution in [0.1, 0.15) is 37.7 Å². The van der Waals surface area contributed by atoms with Crippen LogP contribution in [0.15, 0.2) is 24.3 Å². The summed E-state index contributed by atoms with van der Waals surface area (Å²) < 4.78 is 5.28. The number of carbonyl (C=O) groups is 1. The molecule has 0 spiro atoms. The van der Waals surface area contributed by atoms with Crippen LogP contribution in [-0.4, -0.2) is 61.7 Å². The van der Waals surface area contributed by atoms with E-state index in [1.165, 1.54) is 24.8 Å². The van der Waals surface area contributed by atoms with E-state index in [0.717, 1.165) is 57.7 Å². The molecule has 0 aromatic heterocycles. The van der Waals surface area contributed by atoms with Crippen LogP contribution in [0.4, 0.5) is 4.79 Å². The largest absolute Gasteiger partial charge is 0.497 e. The first kappa shape index (κ1) is 18.1. The van der Waals surface area contributed by atoms with Crippen LogP contribution in [0.3, 0.4) is 0 Å². The van der Waals surface area contributed by atoms with Gasteiger partial charge >= 0.3 is 6.03 Å². The molecular weight excluding hydrogens is 314 g/mol. The van der Waals surface area contributed by atoms with Gasteiger partial charge in [-0.3, -0.25) is 4.90 Å². The minimum Gasteiger partial charge on any atom is -0.497 e. The van der Waals surface area contributed by atoms with Crippen LogP contribution in [0.5, 0.6) is 5.75 Å². The zero-order valence-corrected chi connectivity index (χ0v) is 15.4. The molecule has 2 amide bonds. The zero-order chi connectivity index (χ0) is 17.5. The Kier molecular flexibility index (Phi) is 6.56. The lowest BCUT2D eigenvalue weighted by atomic mass is 9.96. The molecule has 1 saturated carbocycles. The lowest BCUT2D eigenvalue weighted by molar-refractivity contribution is 0.136. The molecule has 1 aliphatic carbocycles. The van der Waals surface area contributed by atoms with Gasteiger partial charge in [0, 0.05) is 38.8 Å². The van der Waals surface area contributed by atoms with Crippen molar-refractivity contribution in [3.05, 3.63) is 29.8 Å². The zero-order valence-electron chi connectivity index (χ0n) is 15.4. The quantitative estimate of drug-likeness (QED) is 0.892. The molecule has 3 rings (SSSR count). The maximum atomic E-state index is 12.4. The number of carbonyl (C=O) groups excluding carboxylic acids is 1. The number of nitrogens with zero attached hydrogens (tertiary/aromatic N) is 2. The van der Waals surface area contributed by atoms with Crippen molar-refractivity contribution in [2.75, 3.05) is 39.8 Å².